The number of hydrogen-bond acceptors (Lipinski definition) is 5. The van der Waals surface area contributed by atoms with Gasteiger partial charge in [-0.1, -0.05) is 17.7 Å². The molecule has 7 heteroatoms. The van der Waals surface area contributed by atoms with Gasteiger partial charge in [0.05, 0.1) is 15.5 Å². The van der Waals surface area contributed by atoms with Crippen LogP contribution >= 0.6 is 22.9 Å². The van der Waals surface area contributed by atoms with Crippen LogP contribution in [0.2, 0.25) is 0 Å². The number of non-ortho nitro benzene ring substituents is 1. The largest absolute Gasteiger partial charge is 0.277 e. The van der Waals surface area contributed by atoms with Crippen molar-refractivity contribution in [2.45, 2.75) is 0 Å². The average Bonchev–Trinajstić information content (AvgIpc) is 2.90. The van der Waals surface area contributed by atoms with E-state index in [0.717, 1.165) is 4.88 Å². The zero-order valence-electron chi connectivity index (χ0n) is 9.04. The highest BCUT2D eigenvalue weighted by Gasteiger charge is 2.04. The molecule has 0 atom stereocenters. The maximum atomic E-state index is 10.5. The Labute approximate surface area is 112 Å². The highest BCUT2D eigenvalue weighted by Crippen LogP contribution is 2.17. The molecule has 0 amide bonds. The number of nitro benzene ring substituents is 1. The second-order valence-electron chi connectivity index (χ2n) is 3.30. The summed E-state index contributed by atoms with van der Waals surface area (Å²) in [6.45, 7) is 0. The van der Waals surface area contributed by atoms with Crippen molar-refractivity contribution >= 4 is 39.5 Å². The van der Waals surface area contributed by atoms with Crippen molar-refractivity contribution in [3.63, 3.8) is 0 Å². The predicted molar refractivity (Wildman–Crippen MR) is 73.4 cm³/mol. The van der Waals surface area contributed by atoms with Gasteiger partial charge in [0.2, 0.25) is 0 Å². The SMILES string of the molecule is O=[N+]([O-])c1ccc(N/N=C(\Cl)c2cccs2)cc1. The minimum atomic E-state index is -0.453. The van der Waals surface area contributed by atoms with E-state index in [1.54, 1.807) is 12.1 Å². The van der Waals surface area contributed by atoms with Gasteiger partial charge in [0.15, 0.2) is 5.17 Å². The minimum Gasteiger partial charge on any atom is -0.277 e. The summed E-state index contributed by atoms with van der Waals surface area (Å²) >= 11 is 7.45. The number of nitrogens with zero attached hydrogens (tertiary/aromatic N) is 2. The Bertz CT molecular complexity index is 566. The summed E-state index contributed by atoms with van der Waals surface area (Å²) < 4.78 is 0. The third-order valence-corrected chi connectivity index (χ3v) is 3.36. The molecule has 0 aliphatic heterocycles. The van der Waals surface area contributed by atoms with Crippen LogP contribution in [0.5, 0.6) is 0 Å². The van der Waals surface area contributed by atoms with E-state index in [9.17, 15) is 10.1 Å². The number of nitro groups is 1. The van der Waals surface area contributed by atoms with E-state index in [2.05, 4.69) is 10.5 Å². The maximum absolute atomic E-state index is 10.5. The molecule has 0 radical (unpaired) electrons. The summed E-state index contributed by atoms with van der Waals surface area (Å²) in [5.41, 5.74) is 3.41. The Morgan fingerprint density at radius 3 is 2.61 bits per heavy atom. The fourth-order valence-electron chi connectivity index (χ4n) is 1.22. The van der Waals surface area contributed by atoms with Crippen molar-refractivity contribution in [1.29, 1.82) is 0 Å². The van der Waals surface area contributed by atoms with Gasteiger partial charge < -0.3 is 0 Å². The Morgan fingerprint density at radius 2 is 2.06 bits per heavy atom. The summed E-state index contributed by atoms with van der Waals surface area (Å²) in [6.07, 6.45) is 0. The van der Waals surface area contributed by atoms with Crippen LogP contribution in [0.3, 0.4) is 0 Å². The Hall–Kier alpha value is -1.92. The summed E-state index contributed by atoms with van der Waals surface area (Å²) in [4.78, 5) is 10.9. The molecule has 0 saturated carbocycles. The van der Waals surface area contributed by atoms with Gasteiger partial charge in [-0.25, -0.2) is 0 Å². The van der Waals surface area contributed by atoms with Gasteiger partial charge in [-0.2, -0.15) is 5.10 Å². The van der Waals surface area contributed by atoms with Crippen LogP contribution < -0.4 is 5.43 Å². The molecule has 1 heterocycles. The van der Waals surface area contributed by atoms with Crippen LogP contribution in [0.15, 0.2) is 46.9 Å². The molecular weight excluding hydrogens is 274 g/mol. The molecule has 1 aromatic heterocycles. The van der Waals surface area contributed by atoms with Gasteiger partial charge >= 0.3 is 0 Å². The molecule has 5 nitrogen and oxygen atoms in total. The average molecular weight is 282 g/mol. The number of nitrogens with one attached hydrogen (secondary N) is 1. The molecule has 1 aromatic carbocycles. The van der Waals surface area contributed by atoms with Crippen molar-refractivity contribution in [3.05, 3.63) is 56.8 Å². The highest BCUT2D eigenvalue weighted by molar-refractivity contribution is 7.14. The van der Waals surface area contributed by atoms with E-state index in [0.29, 0.717) is 10.9 Å². The van der Waals surface area contributed by atoms with Gasteiger partial charge in [-0.15, -0.1) is 11.3 Å². The maximum Gasteiger partial charge on any atom is 0.269 e. The first-order valence-electron chi connectivity index (χ1n) is 4.94. The first kappa shape index (κ1) is 12.5. The van der Waals surface area contributed by atoms with Gasteiger partial charge in [-0.3, -0.25) is 15.5 Å². The Balaban J connectivity index is 2.06. The molecule has 0 aliphatic rings. The van der Waals surface area contributed by atoms with E-state index in [1.807, 2.05) is 17.5 Å². The van der Waals surface area contributed by atoms with Crippen LogP contribution in [-0.2, 0) is 0 Å². The zero-order valence-corrected chi connectivity index (χ0v) is 10.6. The monoisotopic (exact) mass is 281 g/mol. The van der Waals surface area contributed by atoms with E-state index in [4.69, 9.17) is 11.6 Å². The third kappa shape index (κ3) is 3.06. The van der Waals surface area contributed by atoms with E-state index >= 15 is 0 Å². The van der Waals surface area contributed by atoms with Gasteiger partial charge in [0, 0.05) is 12.1 Å². The minimum absolute atomic E-state index is 0.0360. The molecule has 0 aliphatic carbocycles. The van der Waals surface area contributed by atoms with Gasteiger partial charge in [-0.05, 0) is 23.6 Å². The van der Waals surface area contributed by atoms with E-state index < -0.39 is 4.92 Å². The fraction of sp³-hybridized carbons (Fsp3) is 0. The number of rotatable bonds is 4. The molecule has 0 saturated heterocycles. The second kappa shape index (κ2) is 5.61. The number of thiophene rings is 1. The molecule has 0 unspecified atom stereocenters. The number of hydrogen-bond donors (Lipinski definition) is 1. The second-order valence-corrected chi connectivity index (χ2v) is 4.60. The fourth-order valence-corrected chi connectivity index (χ4v) is 2.07. The van der Waals surface area contributed by atoms with Crippen molar-refractivity contribution < 1.29 is 4.92 Å². The van der Waals surface area contributed by atoms with Gasteiger partial charge in [0.25, 0.3) is 5.69 Å². The first-order valence-corrected chi connectivity index (χ1v) is 6.20. The lowest BCUT2D eigenvalue weighted by molar-refractivity contribution is -0.384. The van der Waals surface area contributed by atoms with Crippen LogP contribution in [0.4, 0.5) is 11.4 Å². The molecule has 18 heavy (non-hydrogen) atoms. The Morgan fingerprint density at radius 1 is 1.33 bits per heavy atom. The van der Waals surface area contributed by atoms with Crippen LogP contribution in [-0.4, -0.2) is 10.1 Å². The van der Waals surface area contributed by atoms with Crippen molar-refractivity contribution in [1.82, 2.24) is 0 Å². The molecule has 0 spiro atoms. The lowest BCUT2D eigenvalue weighted by Crippen LogP contribution is -1.95. The van der Waals surface area contributed by atoms with Crippen molar-refractivity contribution in [2.24, 2.45) is 5.10 Å². The molecule has 1 N–H and O–H groups in total. The number of halogens is 1. The molecular formula is C11H8ClN3O2S. The third-order valence-electron chi connectivity index (χ3n) is 2.09. The van der Waals surface area contributed by atoms with Crippen molar-refractivity contribution in [2.75, 3.05) is 5.43 Å². The zero-order chi connectivity index (χ0) is 13.0. The Kier molecular flexibility index (Phi) is 3.91. The van der Waals surface area contributed by atoms with Gasteiger partial charge in [0.1, 0.15) is 0 Å². The van der Waals surface area contributed by atoms with E-state index in [-0.39, 0.29) is 5.69 Å². The van der Waals surface area contributed by atoms with Crippen LogP contribution in [0.1, 0.15) is 4.88 Å². The lowest BCUT2D eigenvalue weighted by atomic mass is 10.3. The summed E-state index contributed by atoms with van der Waals surface area (Å²) in [5.74, 6) is 0. The highest BCUT2D eigenvalue weighted by atomic mass is 35.5. The topological polar surface area (TPSA) is 67.5 Å². The molecule has 2 aromatic rings. The molecule has 2 rings (SSSR count). The molecule has 0 bridgehead atoms. The van der Waals surface area contributed by atoms with E-state index in [1.165, 1.54) is 23.5 Å². The summed E-state index contributed by atoms with van der Waals surface area (Å²) in [5, 5.41) is 16.7. The summed E-state index contributed by atoms with van der Waals surface area (Å²) in [7, 11) is 0. The lowest BCUT2D eigenvalue weighted by Gasteiger charge is -2.00. The standard InChI is InChI=1S/C11H8ClN3O2S/c12-11(10-2-1-7-18-10)14-13-8-3-5-9(6-4-8)15(16)17/h1-7,13H/b14-11-. The molecule has 92 valence electrons. The normalized spacial score (nSPS) is 11.3. The number of hydrazone groups is 1. The number of benzene rings is 1. The quantitative estimate of drug-likeness (QED) is 0.528. The first-order chi connectivity index (χ1) is 8.66. The van der Waals surface area contributed by atoms with Crippen LogP contribution in [0.25, 0.3) is 0 Å². The summed E-state index contributed by atoms with van der Waals surface area (Å²) in [6, 6.07) is 9.67. The van der Waals surface area contributed by atoms with Crippen LogP contribution in [0, 0.1) is 10.1 Å². The smallest absolute Gasteiger partial charge is 0.269 e. The predicted octanol–water partition coefficient (Wildman–Crippen LogP) is 3.67. The van der Waals surface area contributed by atoms with Crippen molar-refractivity contribution in [3.8, 4) is 0 Å². The molecule has 0 fully saturated rings. The number of anilines is 1.